The summed E-state index contributed by atoms with van der Waals surface area (Å²) in [6.45, 7) is 1.82. The molecule has 0 aliphatic carbocycles. The molecule has 6 nitrogen and oxygen atoms in total. The average Bonchev–Trinajstić information content (AvgIpc) is 3.18. The first-order valence-corrected chi connectivity index (χ1v) is 6.29. The highest BCUT2D eigenvalue weighted by molar-refractivity contribution is 6.45. The summed E-state index contributed by atoms with van der Waals surface area (Å²) in [5.41, 5.74) is 0.741. The zero-order valence-electron chi connectivity index (χ0n) is 10.7. The Morgan fingerprint density at radius 2 is 1.40 bits per heavy atom. The number of carbonyl (C=O) groups excluding carboxylic acids is 2. The lowest BCUT2D eigenvalue weighted by Gasteiger charge is -2.04. The molecule has 0 bridgehead atoms. The molecule has 0 amide bonds. The molecule has 1 aromatic rings. The molecule has 0 fully saturated rings. The molecule has 0 N–H and O–H groups in total. The third-order valence-corrected chi connectivity index (χ3v) is 2.95. The highest BCUT2D eigenvalue weighted by atomic mass is 16.5. The number of Topliss-reactive ketones (excluding diaryl/α,β-unsaturated/α-hetero) is 2. The van der Waals surface area contributed by atoms with E-state index in [1.165, 1.54) is 6.07 Å². The molecule has 0 saturated carbocycles. The second-order valence-corrected chi connectivity index (χ2v) is 4.31. The summed E-state index contributed by atoms with van der Waals surface area (Å²) in [6.07, 6.45) is 0. The van der Waals surface area contributed by atoms with E-state index in [-0.39, 0.29) is 23.4 Å². The van der Waals surface area contributed by atoms with Crippen LogP contribution in [0.4, 0.5) is 0 Å². The summed E-state index contributed by atoms with van der Waals surface area (Å²) in [4.78, 5) is 32.2. The van der Waals surface area contributed by atoms with Crippen molar-refractivity contribution in [3.63, 3.8) is 0 Å². The van der Waals surface area contributed by atoms with E-state index in [9.17, 15) is 9.59 Å². The Morgan fingerprint density at radius 3 is 1.80 bits per heavy atom. The van der Waals surface area contributed by atoms with Gasteiger partial charge in [0.05, 0.1) is 13.1 Å². The molecule has 6 heteroatoms. The molecule has 0 saturated heterocycles. The van der Waals surface area contributed by atoms with Gasteiger partial charge in [-0.15, -0.1) is 0 Å². The second kappa shape index (κ2) is 5.24. The summed E-state index contributed by atoms with van der Waals surface area (Å²) < 4.78 is 10.3. The summed E-state index contributed by atoms with van der Waals surface area (Å²) in [6, 6.07) is 6.41. The fourth-order valence-electron chi connectivity index (χ4n) is 1.99. The summed E-state index contributed by atoms with van der Waals surface area (Å²) in [5, 5.41) is 0. The molecule has 2 aliphatic rings. The monoisotopic (exact) mass is 272 g/mol. The number of nitrogens with zero attached hydrogens (tertiary/aromatic N) is 2. The van der Waals surface area contributed by atoms with Crippen LogP contribution >= 0.6 is 0 Å². The van der Waals surface area contributed by atoms with Crippen LogP contribution in [-0.2, 0) is 9.47 Å². The Labute approximate surface area is 115 Å². The maximum absolute atomic E-state index is 12.1. The van der Waals surface area contributed by atoms with Crippen LogP contribution in [0.2, 0.25) is 0 Å². The summed E-state index contributed by atoms with van der Waals surface area (Å²) in [5.74, 6) is -0.425. The number of aliphatic imine (C=N–C) groups is 2. The van der Waals surface area contributed by atoms with Gasteiger partial charge >= 0.3 is 0 Å². The van der Waals surface area contributed by atoms with Crippen molar-refractivity contribution in [3.05, 3.63) is 35.4 Å². The Kier molecular flexibility index (Phi) is 3.28. The third-order valence-electron chi connectivity index (χ3n) is 2.95. The molecule has 2 aliphatic heterocycles. The highest BCUT2D eigenvalue weighted by Gasteiger charge is 2.23. The van der Waals surface area contributed by atoms with E-state index >= 15 is 0 Å². The van der Waals surface area contributed by atoms with Gasteiger partial charge in [-0.1, -0.05) is 18.2 Å². The maximum atomic E-state index is 12.1. The topological polar surface area (TPSA) is 77.3 Å². The van der Waals surface area contributed by atoms with Gasteiger partial charge in [-0.25, -0.2) is 9.98 Å². The van der Waals surface area contributed by atoms with Crippen molar-refractivity contribution in [2.45, 2.75) is 0 Å². The van der Waals surface area contributed by atoms with Crippen LogP contribution in [0.25, 0.3) is 0 Å². The Hall–Kier alpha value is -2.50. The first-order valence-electron chi connectivity index (χ1n) is 6.29. The first kappa shape index (κ1) is 12.5. The van der Waals surface area contributed by atoms with E-state index < -0.39 is 0 Å². The van der Waals surface area contributed by atoms with Crippen molar-refractivity contribution in [2.75, 3.05) is 26.3 Å². The normalized spacial score (nSPS) is 17.0. The van der Waals surface area contributed by atoms with Crippen LogP contribution < -0.4 is 0 Å². The Morgan fingerprint density at radius 1 is 0.900 bits per heavy atom. The lowest BCUT2D eigenvalue weighted by molar-refractivity contribution is 0.103. The van der Waals surface area contributed by atoms with Crippen molar-refractivity contribution in [2.24, 2.45) is 9.98 Å². The standard InChI is InChI=1S/C14H12N2O4/c17-11(13-15-4-6-19-13)9-2-1-3-10(8-9)12(18)14-16-5-7-20-14/h1-3,8H,4-7H2. The van der Waals surface area contributed by atoms with Crippen LogP contribution in [0.15, 0.2) is 34.3 Å². The molecule has 0 atom stereocenters. The average molecular weight is 272 g/mol. The van der Waals surface area contributed by atoms with Crippen molar-refractivity contribution in [3.8, 4) is 0 Å². The van der Waals surface area contributed by atoms with Gasteiger partial charge in [-0.2, -0.15) is 0 Å². The van der Waals surface area contributed by atoms with Gasteiger partial charge in [-0.05, 0) is 6.07 Å². The highest BCUT2D eigenvalue weighted by Crippen LogP contribution is 2.12. The van der Waals surface area contributed by atoms with E-state index in [1.54, 1.807) is 18.2 Å². The van der Waals surface area contributed by atoms with Gasteiger partial charge in [0.2, 0.25) is 11.6 Å². The number of rotatable bonds is 4. The summed E-state index contributed by atoms with van der Waals surface area (Å²) in [7, 11) is 0. The minimum Gasteiger partial charge on any atom is -0.473 e. The van der Waals surface area contributed by atoms with E-state index in [2.05, 4.69) is 9.98 Å². The van der Waals surface area contributed by atoms with Gasteiger partial charge in [0.1, 0.15) is 13.2 Å². The van der Waals surface area contributed by atoms with Gasteiger partial charge < -0.3 is 9.47 Å². The molecule has 0 radical (unpaired) electrons. The SMILES string of the molecule is O=C(C1=NCCO1)c1cccc(C(=O)C2=NCCO2)c1. The van der Waals surface area contributed by atoms with Crippen molar-refractivity contribution in [1.29, 1.82) is 0 Å². The number of hydrogen-bond donors (Lipinski definition) is 0. The molecule has 0 spiro atoms. The molecule has 102 valence electrons. The lowest BCUT2D eigenvalue weighted by atomic mass is 10.0. The van der Waals surface area contributed by atoms with Crippen LogP contribution in [0.5, 0.6) is 0 Å². The fraction of sp³-hybridized carbons (Fsp3) is 0.286. The molecule has 2 heterocycles. The zero-order chi connectivity index (χ0) is 13.9. The van der Waals surface area contributed by atoms with E-state index in [4.69, 9.17) is 9.47 Å². The predicted octanol–water partition coefficient (Wildman–Crippen LogP) is 0.909. The number of carbonyl (C=O) groups is 2. The molecule has 0 unspecified atom stereocenters. The van der Waals surface area contributed by atoms with E-state index in [1.807, 2.05) is 0 Å². The lowest BCUT2D eigenvalue weighted by Crippen LogP contribution is -2.17. The van der Waals surface area contributed by atoms with Crippen molar-refractivity contribution < 1.29 is 19.1 Å². The number of ketones is 2. The van der Waals surface area contributed by atoms with E-state index in [0.29, 0.717) is 37.4 Å². The number of benzene rings is 1. The van der Waals surface area contributed by atoms with Crippen LogP contribution in [0.3, 0.4) is 0 Å². The molecule has 0 aromatic heterocycles. The Balaban J connectivity index is 1.85. The van der Waals surface area contributed by atoms with Crippen molar-refractivity contribution >= 4 is 23.4 Å². The van der Waals surface area contributed by atoms with Gasteiger partial charge in [0.15, 0.2) is 0 Å². The quantitative estimate of drug-likeness (QED) is 0.763. The van der Waals surface area contributed by atoms with Gasteiger partial charge in [-0.3, -0.25) is 9.59 Å². The zero-order valence-corrected chi connectivity index (χ0v) is 10.7. The Bertz CT molecular complexity index is 583. The maximum Gasteiger partial charge on any atom is 0.258 e. The third kappa shape index (κ3) is 2.32. The number of hydrogen-bond acceptors (Lipinski definition) is 6. The summed E-state index contributed by atoms with van der Waals surface area (Å²) >= 11 is 0. The largest absolute Gasteiger partial charge is 0.473 e. The van der Waals surface area contributed by atoms with Gasteiger partial charge in [0.25, 0.3) is 11.8 Å². The minimum absolute atomic E-state index is 0.101. The smallest absolute Gasteiger partial charge is 0.258 e. The molecule has 1 aromatic carbocycles. The fourth-order valence-corrected chi connectivity index (χ4v) is 1.99. The van der Waals surface area contributed by atoms with Crippen molar-refractivity contribution in [1.82, 2.24) is 0 Å². The first-order chi connectivity index (χ1) is 9.75. The van der Waals surface area contributed by atoms with Crippen LogP contribution in [0.1, 0.15) is 20.7 Å². The van der Waals surface area contributed by atoms with Gasteiger partial charge in [0, 0.05) is 11.1 Å². The molecular formula is C14H12N2O4. The molecular weight excluding hydrogens is 260 g/mol. The molecule has 20 heavy (non-hydrogen) atoms. The van der Waals surface area contributed by atoms with Crippen LogP contribution in [0, 0.1) is 0 Å². The predicted molar refractivity (Wildman–Crippen MR) is 71.6 cm³/mol. The van der Waals surface area contributed by atoms with Crippen LogP contribution in [-0.4, -0.2) is 49.7 Å². The minimum atomic E-state index is -0.313. The molecule has 3 rings (SSSR count). The second-order valence-electron chi connectivity index (χ2n) is 4.31. The van der Waals surface area contributed by atoms with E-state index in [0.717, 1.165) is 0 Å². The number of ether oxygens (including phenoxy) is 2.